The third-order valence-electron chi connectivity index (χ3n) is 4.77. The molecule has 23 heavy (non-hydrogen) atoms. The van der Waals surface area contributed by atoms with Crippen molar-refractivity contribution >= 4 is 30.1 Å². The maximum Gasteiger partial charge on any atom is 0.344 e. The lowest BCUT2D eigenvalue weighted by molar-refractivity contribution is 0.492. The summed E-state index contributed by atoms with van der Waals surface area (Å²) >= 11 is 0. The van der Waals surface area contributed by atoms with Gasteiger partial charge in [-0.05, 0) is 42.4 Å². The highest BCUT2D eigenvalue weighted by molar-refractivity contribution is 6.74. The fourth-order valence-corrected chi connectivity index (χ4v) is 3.39. The first kappa shape index (κ1) is 15.8. The molecule has 0 aliphatic rings. The number of fused-ring (bicyclic) bond motifs is 3. The van der Waals surface area contributed by atoms with Crippen molar-refractivity contribution in [1.82, 2.24) is 0 Å². The summed E-state index contributed by atoms with van der Waals surface area (Å²) in [5, 5.41) is 2.52. The lowest BCUT2D eigenvalue weighted by atomic mass is 10.1. The van der Waals surface area contributed by atoms with Crippen LogP contribution in [-0.4, -0.2) is 8.32 Å². The van der Waals surface area contributed by atoms with Gasteiger partial charge in [0, 0.05) is 10.8 Å². The van der Waals surface area contributed by atoms with E-state index in [0.717, 1.165) is 16.5 Å². The SMILES string of the molecule is CC(C)(C)[Si](C)(C)Oc1ccc2c(c1)c(=O)oc1ccccc12. The summed E-state index contributed by atoms with van der Waals surface area (Å²) in [7, 11) is -1.94. The van der Waals surface area contributed by atoms with Gasteiger partial charge in [-0.15, -0.1) is 0 Å². The van der Waals surface area contributed by atoms with E-state index in [2.05, 4.69) is 33.9 Å². The van der Waals surface area contributed by atoms with Crippen molar-refractivity contribution in [3.63, 3.8) is 0 Å². The smallest absolute Gasteiger partial charge is 0.344 e. The fraction of sp³-hybridized carbons (Fsp3) is 0.316. The molecular weight excluding hydrogens is 304 g/mol. The van der Waals surface area contributed by atoms with E-state index >= 15 is 0 Å². The Morgan fingerprint density at radius 3 is 2.35 bits per heavy atom. The molecule has 3 nitrogen and oxygen atoms in total. The Kier molecular flexibility index (Phi) is 3.60. The van der Waals surface area contributed by atoms with Crippen LogP contribution in [0.4, 0.5) is 0 Å². The van der Waals surface area contributed by atoms with E-state index in [0.29, 0.717) is 11.0 Å². The van der Waals surface area contributed by atoms with Gasteiger partial charge in [-0.3, -0.25) is 0 Å². The van der Waals surface area contributed by atoms with E-state index in [4.69, 9.17) is 8.84 Å². The average molecular weight is 326 g/mol. The number of benzene rings is 2. The van der Waals surface area contributed by atoms with Gasteiger partial charge in [0.25, 0.3) is 0 Å². The van der Waals surface area contributed by atoms with Crippen molar-refractivity contribution in [3.8, 4) is 5.75 Å². The van der Waals surface area contributed by atoms with Crippen LogP contribution in [0.3, 0.4) is 0 Å². The number of hydrogen-bond donors (Lipinski definition) is 0. The van der Waals surface area contributed by atoms with E-state index in [-0.39, 0.29) is 10.7 Å². The van der Waals surface area contributed by atoms with E-state index in [1.807, 2.05) is 42.5 Å². The molecule has 0 saturated heterocycles. The molecule has 0 saturated carbocycles. The molecule has 0 aliphatic heterocycles. The van der Waals surface area contributed by atoms with E-state index in [9.17, 15) is 4.79 Å². The minimum Gasteiger partial charge on any atom is -0.543 e. The molecule has 0 atom stereocenters. The molecule has 0 amide bonds. The van der Waals surface area contributed by atoms with Gasteiger partial charge in [-0.1, -0.05) is 39.0 Å². The van der Waals surface area contributed by atoms with Crippen molar-refractivity contribution in [3.05, 3.63) is 52.9 Å². The normalized spacial score (nSPS) is 12.7. The maximum absolute atomic E-state index is 12.3. The predicted molar refractivity (Wildman–Crippen MR) is 97.8 cm³/mol. The molecule has 0 radical (unpaired) electrons. The van der Waals surface area contributed by atoms with Crippen LogP contribution in [0.25, 0.3) is 21.7 Å². The van der Waals surface area contributed by atoms with Crippen molar-refractivity contribution in [2.75, 3.05) is 0 Å². The van der Waals surface area contributed by atoms with Crippen molar-refractivity contribution in [2.45, 2.75) is 38.9 Å². The van der Waals surface area contributed by atoms with Crippen molar-refractivity contribution in [1.29, 1.82) is 0 Å². The molecule has 0 unspecified atom stereocenters. The van der Waals surface area contributed by atoms with Gasteiger partial charge in [0.15, 0.2) is 0 Å². The third-order valence-corrected chi connectivity index (χ3v) is 9.13. The van der Waals surface area contributed by atoms with Crippen molar-refractivity contribution < 1.29 is 8.84 Å². The molecule has 0 fully saturated rings. The fourth-order valence-electron chi connectivity index (χ4n) is 2.37. The molecule has 1 aromatic heterocycles. The molecule has 0 aliphatic carbocycles. The summed E-state index contributed by atoms with van der Waals surface area (Å²) in [6.07, 6.45) is 0. The first-order valence-electron chi connectivity index (χ1n) is 7.84. The molecule has 3 aromatic rings. The second-order valence-corrected chi connectivity index (χ2v) is 12.2. The van der Waals surface area contributed by atoms with E-state index in [1.54, 1.807) is 0 Å². The van der Waals surface area contributed by atoms with Crippen LogP contribution in [0, 0.1) is 0 Å². The minimum absolute atomic E-state index is 0.107. The first-order valence-corrected chi connectivity index (χ1v) is 10.7. The lowest BCUT2D eigenvalue weighted by Gasteiger charge is -2.36. The van der Waals surface area contributed by atoms with Crippen LogP contribution in [0.5, 0.6) is 5.75 Å². The Hall–Kier alpha value is -2.07. The second-order valence-electron chi connectivity index (χ2n) is 7.46. The zero-order chi connectivity index (χ0) is 16.8. The Morgan fingerprint density at radius 2 is 1.65 bits per heavy atom. The summed E-state index contributed by atoms with van der Waals surface area (Å²) in [5.41, 5.74) is 0.294. The van der Waals surface area contributed by atoms with Gasteiger partial charge in [0.05, 0.1) is 5.39 Å². The van der Waals surface area contributed by atoms with Gasteiger partial charge >= 0.3 is 5.63 Å². The summed E-state index contributed by atoms with van der Waals surface area (Å²) in [6.45, 7) is 11.0. The van der Waals surface area contributed by atoms with Gasteiger partial charge in [0.2, 0.25) is 8.32 Å². The summed E-state index contributed by atoms with van der Waals surface area (Å²) in [5.74, 6) is 0.742. The Bertz CT molecular complexity index is 933. The van der Waals surface area contributed by atoms with E-state index < -0.39 is 8.32 Å². The summed E-state index contributed by atoms with van der Waals surface area (Å²) in [6, 6.07) is 13.3. The number of para-hydroxylation sites is 1. The average Bonchev–Trinajstić information content (AvgIpc) is 2.46. The molecule has 0 spiro atoms. The second kappa shape index (κ2) is 5.23. The Balaban J connectivity index is 2.15. The van der Waals surface area contributed by atoms with Crippen LogP contribution < -0.4 is 10.1 Å². The first-order chi connectivity index (χ1) is 10.7. The lowest BCUT2D eigenvalue weighted by Crippen LogP contribution is -2.43. The van der Waals surface area contributed by atoms with Gasteiger partial charge in [-0.25, -0.2) is 4.79 Å². The molecule has 4 heteroatoms. The quantitative estimate of drug-likeness (QED) is 0.363. The monoisotopic (exact) mass is 326 g/mol. The largest absolute Gasteiger partial charge is 0.543 e. The maximum atomic E-state index is 12.3. The number of rotatable bonds is 2. The standard InChI is InChI=1S/C19H22O3Si/c1-19(2,3)23(4,5)22-13-10-11-14-15-8-6-7-9-17(15)21-18(20)16(14)12-13/h6-12H,1-5H3. The molecule has 3 rings (SSSR count). The van der Waals surface area contributed by atoms with Gasteiger partial charge in [-0.2, -0.15) is 0 Å². The Labute approximate surface area is 137 Å². The highest BCUT2D eigenvalue weighted by Gasteiger charge is 2.39. The highest BCUT2D eigenvalue weighted by atomic mass is 28.4. The molecule has 2 aromatic carbocycles. The zero-order valence-corrected chi connectivity index (χ0v) is 15.3. The predicted octanol–water partition coefficient (Wildman–Crippen LogP) is 5.33. The summed E-state index contributed by atoms with van der Waals surface area (Å²) in [4.78, 5) is 12.3. The van der Waals surface area contributed by atoms with Crippen LogP contribution in [0.15, 0.2) is 51.7 Å². The molecule has 0 N–H and O–H groups in total. The Morgan fingerprint density at radius 1 is 0.957 bits per heavy atom. The van der Waals surface area contributed by atoms with Crippen LogP contribution >= 0.6 is 0 Å². The van der Waals surface area contributed by atoms with Crippen molar-refractivity contribution in [2.24, 2.45) is 0 Å². The van der Waals surface area contributed by atoms with E-state index in [1.165, 1.54) is 0 Å². The molecule has 120 valence electrons. The zero-order valence-electron chi connectivity index (χ0n) is 14.3. The molecule has 1 heterocycles. The summed E-state index contributed by atoms with van der Waals surface area (Å²) < 4.78 is 11.7. The van der Waals surface area contributed by atoms with Crippen LogP contribution in [0.2, 0.25) is 18.1 Å². The topological polar surface area (TPSA) is 39.4 Å². The van der Waals surface area contributed by atoms with Gasteiger partial charge < -0.3 is 8.84 Å². The van der Waals surface area contributed by atoms with Crippen LogP contribution in [0.1, 0.15) is 20.8 Å². The third kappa shape index (κ3) is 2.79. The highest BCUT2D eigenvalue weighted by Crippen LogP contribution is 2.38. The molecular formula is C19H22O3Si. The minimum atomic E-state index is -1.94. The molecule has 0 bridgehead atoms. The number of hydrogen-bond acceptors (Lipinski definition) is 3. The van der Waals surface area contributed by atoms with Crippen LogP contribution in [-0.2, 0) is 0 Å². The van der Waals surface area contributed by atoms with Gasteiger partial charge in [0.1, 0.15) is 11.3 Å².